The summed E-state index contributed by atoms with van der Waals surface area (Å²) >= 11 is 0. The van der Waals surface area contributed by atoms with Gasteiger partial charge in [-0.2, -0.15) is 4.98 Å². The molecular weight excluding hydrogens is 297 g/mol. The van der Waals surface area contributed by atoms with E-state index in [0.717, 1.165) is 5.56 Å². The second-order valence-corrected chi connectivity index (χ2v) is 5.30. The minimum absolute atomic E-state index is 0.0881. The first-order valence-electron chi connectivity index (χ1n) is 7.59. The number of hydrogen-bond acceptors (Lipinski definition) is 4. The Morgan fingerprint density at radius 1 is 1.39 bits per heavy atom. The summed E-state index contributed by atoms with van der Waals surface area (Å²) in [6.45, 7) is 8.43. The number of nitrogens with zero attached hydrogens (tertiary/aromatic N) is 3. The van der Waals surface area contributed by atoms with Gasteiger partial charge >= 0.3 is 0 Å². The van der Waals surface area contributed by atoms with Crippen LogP contribution in [0.15, 0.2) is 27.7 Å². The maximum Gasteiger partial charge on any atom is 0.223 e. The zero-order valence-corrected chi connectivity index (χ0v) is 13.9. The molecule has 0 radical (unpaired) electrons. The van der Waals surface area contributed by atoms with Crippen molar-refractivity contribution in [3.63, 3.8) is 0 Å². The number of aliphatic imine (C=N–C) groups is 1. The van der Waals surface area contributed by atoms with Gasteiger partial charge in [0.2, 0.25) is 5.89 Å². The number of aryl methyl sites for hydroxylation is 2. The minimum Gasteiger partial charge on any atom is -0.357 e. The third-order valence-corrected chi connectivity index (χ3v) is 3.34. The van der Waals surface area contributed by atoms with Gasteiger partial charge in [0.05, 0.1) is 6.04 Å². The maximum absolute atomic E-state index is 13.7. The molecule has 2 aromatic rings. The van der Waals surface area contributed by atoms with Crippen LogP contribution in [-0.2, 0) is 6.54 Å². The van der Waals surface area contributed by atoms with Crippen molar-refractivity contribution < 1.29 is 8.91 Å². The molecule has 0 spiro atoms. The minimum atomic E-state index is -0.208. The normalized spacial score (nSPS) is 13.0. The van der Waals surface area contributed by atoms with Crippen molar-refractivity contribution in [2.45, 2.75) is 40.3 Å². The van der Waals surface area contributed by atoms with Gasteiger partial charge in [0.25, 0.3) is 0 Å². The van der Waals surface area contributed by atoms with Crippen molar-refractivity contribution in [3.05, 3.63) is 46.9 Å². The van der Waals surface area contributed by atoms with Gasteiger partial charge in [-0.15, -0.1) is 0 Å². The van der Waals surface area contributed by atoms with Gasteiger partial charge in [-0.05, 0) is 38.0 Å². The molecule has 6 nitrogen and oxygen atoms in total. The Hall–Kier alpha value is -2.44. The second-order valence-electron chi connectivity index (χ2n) is 5.30. The fourth-order valence-corrected chi connectivity index (χ4v) is 2.04. The molecule has 124 valence electrons. The summed E-state index contributed by atoms with van der Waals surface area (Å²) in [7, 11) is 0. The highest BCUT2D eigenvalue weighted by molar-refractivity contribution is 5.80. The largest absolute Gasteiger partial charge is 0.357 e. The fourth-order valence-electron chi connectivity index (χ4n) is 2.04. The van der Waals surface area contributed by atoms with Crippen LogP contribution in [0.5, 0.6) is 0 Å². The van der Waals surface area contributed by atoms with E-state index in [1.165, 1.54) is 0 Å². The highest BCUT2D eigenvalue weighted by Crippen LogP contribution is 2.16. The zero-order valence-electron chi connectivity index (χ0n) is 13.9. The number of nitrogens with one attached hydrogen (secondary N) is 2. The molecule has 0 amide bonds. The van der Waals surface area contributed by atoms with Crippen LogP contribution in [-0.4, -0.2) is 22.6 Å². The summed E-state index contributed by atoms with van der Waals surface area (Å²) in [5, 5.41) is 10.2. The summed E-state index contributed by atoms with van der Waals surface area (Å²) in [6.07, 6.45) is 0. The number of benzene rings is 1. The number of halogens is 1. The molecule has 0 saturated carbocycles. The van der Waals surface area contributed by atoms with Crippen LogP contribution in [0.25, 0.3) is 0 Å². The van der Waals surface area contributed by atoms with Gasteiger partial charge < -0.3 is 15.2 Å². The Balaban J connectivity index is 2.06. The van der Waals surface area contributed by atoms with Gasteiger partial charge in [-0.25, -0.2) is 9.38 Å². The van der Waals surface area contributed by atoms with Crippen LogP contribution in [0.2, 0.25) is 0 Å². The average Bonchev–Trinajstić information content (AvgIpc) is 2.93. The third kappa shape index (κ3) is 4.77. The van der Waals surface area contributed by atoms with Crippen molar-refractivity contribution in [1.29, 1.82) is 0 Å². The predicted octanol–water partition coefficient (Wildman–Crippen LogP) is 2.64. The molecule has 0 aliphatic carbocycles. The van der Waals surface area contributed by atoms with E-state index in [4.69, 9.17) is 4.52 Å². The monoisotopic (exact) mass is 319 g/mol. The van der Waals surface area contributed by atoms with Crippen LogP contribution in [0.4, 0.5) is 4.39 Å². The summed E-state index contributed by atoms with van der Waals surface area (Å²) in [6, 6.07) is 5.13. The molecule has 2 rings (SSSR count). The molecule has 1 atom stereocenters. The molecule has 0 saturated heterocycles. The van der Waals surface area contributed by atoms with E-state index in [0.29, 0.717) is 36.3 Å². The van der Waals surface area contributed by atoms with Gasteiger partial charge in [0.15, 0.2) is 11.8 Å². The molecule has 23 heavy (non-hydrogen) atoms. The lowest BCUT2D eigenvalue weighted by atomic mass is 10.1. The van der Waals surface area contributed by atoms with Gasteiger partial charge in [0.1, 0.15) is 12.4 Å². The van der Waals surface area contributed by atoms with E-state index in [9.17, 15) is 4.39 Å². The van der Waals surface area contributed by atoms with Crippen LogP contribution in [0, 0.1) is 19.7 Å². The van der Waals surface area contributed by atoms with Gasteiger partial charge in [0, 0.05) is 13.5 Å². The maximum atomic E-state index is 13.7. The molecular formula is C16H22FN5O. The van der Waals surface area contributed by atoms with E-state index >= 15 is 0 Å². The molecule has 0 aliphatic rings. The lowest BCUT2D eigenvalue weighted by Gasteiger charge is -2.18. The van der Waals surface area contributed by atoms with Crippen LogP contribution in [0.1, 0.15) is 42.7 Å². The summed E-state index contributed by atoms with van der Waals surface area (Å²) in [5.41, 5.74) is 1.49. The fraction of sp³-hybridized carbons (Fsp3) is 0.438. The highest BCUT2D eigenvalue weighted by Gasteiger charge is 2.10. The Labute approximate surface area is 135 Å². The zero-order chi connectivity index (χ0) is 16.8. The quantitative estimate of drug-likeness (QED) is 0.654. The Morgan fingerprint density at radius 2 is 2.17 bits per heavy atom. The molecule has 0 aliphatic heterocycles. The number of guanidine groups is 1. The van der Waals surface area contributed by atoms with Gasteiger partial charge in [-0.1, -0.05) is 17.3 Å². The van der Waals surface area contributed by atoms with Crippen molar-refractivity contribution >= 4 is 5.96 Å². The first-order valence-corrected chi connectivity index (χ1v) is 7.59. The number of hydrogen-bond donors (Lipinski definition) is 2. The van der Waals surface area contributed by atoms with Crippen LogP contribution >= 0.6 is 0 Å². The standard InChI is InChI=1S/C16H22FN5O/c1-5-18-16(19-9-15-21-12(4)23-22-15)20-11(3)13-7-6-10(2)14(17)8-13/h6-8,11H,5,9H2,1-4H3,(H2,18,19,20). The van der Waals surface area contributed by atoms with Crippen molar-refractivity contribution in [1.82, 2.24) is 20.8 Å². The Kier molecular flexibility index (Phi) is 5.67. The molecule has 1 unspecified atom stereocenters. The lowest BCUT2D eigenvalue weighted by Crippen LogP contribution is -2.38. The number of rotatable bonds is 5. The molecule has 1 aromatic carbocycles. The molecule has 0 fully saturated rings. The summed E-state index contributed by atoms with van der Waals surface area (Å²) < 4.78 is 18.6. The first kappa shape index (κ1) is 16.9. The molecule has 1 heterocycles. The molecule has 1 aromatic heterocycles. The summed E-state index contributed by atoms with van der Waals surface area (Å²) in [5.74, 6) is 1.44. The SMILES string of the molecule is CCNC(=NCc1noc(C)n1)NC(C)c1ccc(C)c(F)c1. The smallest absolute Gasteiger partial charge is 0.223 e. The predicted molar refractivity (Wildman–Crippen MR) is 86.5 cm³/mol. The van der Waals surface area contributed by atoms with Crippen molar-refractivity contribution in [3.8, 4) is 0 Å². The topological polar surface area (TPSA) is 75.3 Å². The molecule has 0 bridgehead atoms. The van der Waals surface area contributed by atoms with E-state index in [1.54, 1.807) is 26.0 Å². The van der Waals surface area contributed by atoms with Crippen molar-refractivity contribution in [2.75, 3.05) is 6.54 Å². The summed E-state index contributed by atoms with van der Waals surface area (Å²) in [4.78, 5) is 8.53. The molecule has 2 N–H and O–H groups in total. The second kappa shape index (κ2) is 7.71. The third-order valence-electron chi connectivity index (χ3n) is 3.34. The van der Waals surface area contributed by atoms with E-state index < -0.39 is 0 Å². The van der Waals surface area contributed by atoms with E-state index in [1.807, 2.05) is 19.9 Å². The van der Waals surface area contributed by atoms with Crippen LogP contribution < -0.4 is 10.6 Å². The Morgan fingerprint density at radius 3 is 2.78 bits per heavy atom. The van der Waals surface area contributed by atoms with Crippen molar-refractivity contribution in [2.24, 2.45) is 4.99 Å². The van der Waals surface area contributed by atoms with E-state index in [-0.39, 0.29) is 11.9 Å². The van der Waals surface area contributed by atoms with Gasteiger partial charge in [-0.3, -0.25) is 0 Å². The van der Waals surface area contributed by atoms with E-state index in [2.05, 4.69) is 25.8 Å². The Bertz CT molecular complexity index is 683. The van der Waals surface area contributed by atoms with Crippen LogP contribution in [0.3, 0.4) is 0 Å². The first-order chi connectivity index (χ1) is 11.0. The number of aromatic nitrogens is 2. The molecule has 7 heteroatoms. The lowest BCUT2D eigenvalue weighted by molar-refractivity contribution is 0.387. The highest BCUT2D eigenvalue weighted by atomic mass is 19.1. The average molecular weight is 319 g/mol.